The summed E-state index contributed by atoms with van der Waals surface area (Å²) in [6, 6.07) is 0. The molecule has 9 heteroatoms. The number of carbonyl (C=O) groups excluding carboxylic acids is 1. The van der Waals surface area contributed by atoms with Crippen molar-refractivity contribution in [2.45, 2.75) is 58.5 Å². The van der Waals surface area contributed by atoms with Gasteiger partial charge in [0.05, 0.1) is 19.3 Å². The van der Waals surface area contributed by atoms with E-state index < -0.39 is 21.9 Å². The van der Waals surface area contributed by atoms with Crippen molar-refractivity contribution in [2.75, 3.05) is 13.2 Å². The van der Waals surface area contributed by atoms with E-state index in [9.17, 15) is 22.9 Å². The average molecular weight is 437 g/mol. The van der Waals surface area contributed by atoms with Gasteiger partial charge in [0.25, 0.3) is 0 Å². The van der Waals surface area contributed by atoms with E-state index >= 15 is 0 Å². The predicted molar refractivity (Wildman–Crippen MR) is 98.6 cm³/mol. The SMILES string of the molecule is C[C@@]1(COS(=O)(=O)[O-])[C@H](O)CC[C@@]2(C)C3CC=C4C(=O)OC[C@H]4CC3CC[C@H]12.[Na+]. The zero-order valence-corrected chi connectivity index (χ0v) is 20.2. The van der Waals surface area contributed by atoms with Crippen LogP contribution in [0.3, 0.4) is 0 Å². The van der Waals surface area contributed by atoms with Gasteiger partial charge in [-0.05, 0) is 61.7 Å². The summed E-state index contributed by atoms with van der Waals surface area (Å²) in [5, 5.41) is 10.7. The number of hydrogen-bond acceptors (Lipinski definition) is 7. The second kappa shape index (κ2) is 8.19. The van der Waals surface area contributed by atoms with Gasteiger partial charge in [-0.2, -0.15) is 0 Å². The Morgan fingerprint density at radius 3 is 2.72 bits per heavy atom. The number of allylic oxidation sites excluding steroid dienone is 1. The number of rotatable bonds is 3. The maximum atomic E-state index is 12.0. The summed E-state index contributed by atoms with van der Waals surface area (Å²) in [6.45, 7) is 4.28. The first-order valence-corrected chi connectivity index (χ1v) is 11.5. The molecule has 0 bridgehead atoms. The van der Waals surface area contributed by atoms with Crippen LogP contribution < -0.4 is 29.6 Å². The van der Waals surface area contributed by atoms with Gasteiger partial charge < -0.3 is 14.4 Å². The summed E-state index contributed by atoms with van der Waals surface area (Å²) in [4.78, 5) is 12.0. The van der Waals surface area contributed by atoms with Crippen LogP contribution in [-0.2, 0) is 24.1 Å². The minimum Gasteiger partial charge on any atom is -0.726 e. The van der Waals surface area contributed by atoms with Crippen molar-refractivity contribution in [2.24, 2.45) is 34.5 Å². The number of cyclic esters (lactones) is 1. The Morgan fingerprint density at radius 1 is 1.31 bits per heavy atom. The summed E-state index contributed by atoms with van der Waals surface area (Å²) in [7, 11) is -4.81. The van der Waals surface area contributed by atoms with Crippen molar-refractivity contribution in [1.29, 1.82) is 0 Å². The van der Waals surface area contributed by atoms with Gasteiger partial charge in [0.2, 0.25) is 10.4 Å². The molecule has 3 fully saturated rings. The minimum atomic E-state index is -4.81. The van der Waals surface area contributed by atoms with Crippen LogP contribution in [0.5, 0.6) is 0 Å². The van der Waals surface area contributed by atoms with E-state index in [-0.39, 0.29) is 59.4 Å². The number of aliphatic hydroxyl groups is 1. The van der Waals surface area contributed by atoms with Gasteiger partial charge in [-0.25, -0.2) is 13.2 Å². The molecule has 29 heavy (non-hydrogen) atoms. The molecule has 2 unspecified atom stereocenters. The fraction of sp³-hybridized carbons (Fsp3) is 0.850. The van der Waals surface area contributed by atoms with Gasteiger partial charge in [-0.1, -0.05) is 19.9 Å². The Bertz CT molecular complexity index is 797. The largest absolute Gasteiger partial charge is 1.00 e. The molecular formula is C20H29NaO7S. The van der Waals surface area contributed by atoms with Crippen LogP contribution in [-0.4, -0.2) is 43.4 Å². The molecule has 2 saturated carbocycles. The topological polar surface area (TPSA) is 113 Å². The van der Waals surface area contributed by atoms with Gasteiger partial charge >= 0.3 is 35.5 Å². The van der Waals surface area contributed by atoms with E-state index in [0.717, 1.165) is 37.7 Å². The van der Waals surface area contributed by atoms with Crippen molar-refractivity contribution in [1.82, 2.24) is 0 Å². The van der Waals surface area contributed by atoms with E-state index in [1.807, 2.05) is 6.92 Å². The van der Waals surface area contributed by atoms with Gasteiger partial charge in [-0.3, -0.25) is 4.18 Å². The fourth-order valence-corrected chi connectivity index (χ4v) is 7.28. The third-order valence-electron chi connectivity index (χ3n) is 8.34. The van der Waals surface area contributed by atoms with Crippen LogP contribution in [0.25, 0.3) is 0 Å². The molecule has 0 aromatic heterocycles. The molecule has 1 aliphatic heterocycles. The molecule has 0 amide bonds. The fourth-order valence-electron chi connectivity index (χ4n) is 6.88. The van der Waals surface area contributed by atoms with Gasteiger partial charge in [-0.15, -0.1) is 0 Å². The van der Waals surface area contributed by atoms with Crippen molar-refractivity contribution >= 4 is 16.4 Å². The van der Waals surface area contributed by atoms with E-state index in [4.69, 9.17) is 4.74 Å². The zero-order valence-electron chi connectivity index (χ0n) is 17.4. The van der Waals surface area contributed by atoms with Crippen molar-refractivity contribution in [3.8, 4) is 0 Å². The molecule has 0 aromatic carbocycles. The Balaban J connectivity index is 0.00000240. The predicted octanol–water partition coefficient (Wildman–Crippen LogP) is -0.830. The normalized spacial score (nSPS) is 44.3. The number of fused-ring (bicyclic) bond motifs is 4. The number of aliphatic hydroxyl groups excluding tert-OH is 1. The van der Waals surface area contributed by atoms with Gasteiger partial charge in [0.15, 0.2) is 0 Å². The third kappa shape index (κ3) is 4.11. The summed E-state index contributed by atoms with van der Waals surface area (Å²) in [5.74, 6) is 0.862. The summed E-state index contributed by atoms with van der Waals surface area (Å²) < 4.78 is 43.1. The Hall–Kier alpha value is 0.0400. The number of ether oxygens (including phenoxy) is 1. The summed E-state index contributed by atoms with van der Waals surface area (Å²) in [5.41, 5.74) is -0.0788. The van der Waals surface area contributed by atoms with E-state index in [0.29, 0.717) is 24.9 Å². The molecule has 7 atom stereocenters. The monoisotopic (exact) mass is 436 g/mol. The van der Waals surface area contributed by atoms with Crippen molar-refractivity contribution in [3.63, 3.8) is 0 Å². The molecule has 4 aliphatic rings. The molecule has 4 rings (SSSR count). The molecule has 1 saturated heterocycles. The van der Waals surface area contributed by atoms with E-state index in [1.54, 1.807) is 0 Å². The van der Waals surface area contributed by atoms with E-state index in [2.05, 4.69) is 17.2 Å². The smallest absolute Gasteiger partial charge is 0.726 e. The van der Waals surface area contributed by atoms with Crippen LogP contribution in [0.1, 0.15) is 52.4 Å². The third-order valence-corrected chi connectivity index (χ3v) is 8.74. The summed E-state index contributed by atoms with van der Waals surface area (Å²) >= 11 is 0. The molecule has 0 aromatic rings. The first-order valence-electron chi connectivity index (χ1n) is 10.2. The van der Waals surface area contributed by atoms with Crippen LogP contribution in [0.15, 0.2) is 11.6 Å². The van der Waals surface area contributed by atoms with E-state index in [1.165, 1.54) is 0 Å². The zero-order chi connectivity index (χ0) is 20.3. The Kier molecular flexibility index (Phi) is 6.69. The van der Waals surface area contributed by atoms with Crippen molar-refractivity contribution < 1.29 is 61.3 Å². The van der Waals surface area contributed by atoms with Crippen LogP contribution in [0.2, 0.25) is 0 Å². The maximum Gasteiger partial charge on any atom is 1.00 e. The molecule has 0 spiro atoms. The average Bonchev–Trinajstić information content (AvgIpc) is 2.84. The number of esters is 1. The van der Waals surface area contributed by atoms with Crippen LogP contribution >= 0.6 is 0 Å². The van der Waals surface area contributed by atoms with Crippen LogP contribution in [0, 0.1) is 34.5 Å². The molecule has 1 heterocycles. The van der Waals surface area contributed by atoms with Gasteiger partial charge in [0, 0.05) is 16.9 Å². The molecule has 158 valence electrons. The van der Waals surface area contributed by atoms with Gasteiger partial charge in [0.1, 0.15) is 0 Å². The molecule has 0 radical (unpaired) electrons. The number of hydrogen-bond donors (Lipinski definition) is 1. The van der Waals surface area contributed by atoms with Crippen molar-refractivity contribution in [3.05, 3.63) is 11.6 Å². The molecular weight excluding hydrogens is 407 g/mol. The first kappa shape index (κ1) is 23.7. The molecule has 7 nitrogen and oxygen atoms in total. The number of carbonyl (C=O) groups is 1. The standard InChI is InChI=1S/C20H30O7S.Na/c1-19-8-7-17(21)20(2,11-27-28(23,24)25)16(19)6-3-12-9-13-10-26-18(22)14(13)4-5-15(12)19;/h4,12-13,15-17,21H,3,5-11H2,1-2H3,(H,23,24,25);/q;+1/p-1/t12?,13-,15?,16+,17-,19+,20+;/m1./s1. The van der Waals surface area contributed by atoms with Crippen LogP contribution in [0.4, 0.5) is 0 Å². The molecule has 1 N–H and O–H groups in total. The first-order chi connectivity index (χ1) is 13.0. The Labute approximate surface area is 194 Å². The summed E-state index contributed by atoms with van der Waals surface area (Å²) in [6.07, 6.45) is 6.30. The quantitative estimate of drug-likeness (QED) is 0.266. The Morgan fingerprint density at radius 2 is 2.03 bits per heavy atom. The second-order valence-corrected chi connectivity index (χ2v) is 10.7. The second-order valence-electron chi connectivity index (χ2n) is 9.66. The minimum absolute atomic E-state index is 0. The molecule has 3 aliphatic carbocycles. The maximum absolute atomic E-state index is 12.0.